The summed E-state index contributed by atoms with van der Waals surface area (Å²) in [5, 5.41) is 11.8. The fraction of sp³-hybridized carbons (Fsp3) is 0.500. The summed E-state index contributed by atoms with van der Waals surface area (Å²) < 4.78 is 0. The van der Waals surface area contributed by atoms with Crippen LogP contribution in [0.15, 0.2) is 30.3 Å². The third kappa shape index (κ3) is 5.55. The highest BCUT2D eigenvalue weighted by Crippen LogP contribution is 2.17. The summed E-state index contributed by atoms with van der Waals surface area (Å²) in [6.45, 7) is 5.53. The van der Waals surface area contributed by atoms with E-state index in [-0.39, 0.29) is 0 Å². The molecule has 0 spiro atoms. The molecular weight excluding hydrogens is 268 g/mol. The van der Waals surface area contributed by atoms with E-state index in [4.69, 9.17) is 5.73 Å². The number of hydrogen-bond donors (Lipinski definition) is 3. The van der Waals surface area contributed by atoms with Crippen LogP contribution in [-0.2, 0) is 16.0 Å². The Bertz CT molecular complexity index is 480. The van der Waals surface area contributed by atoms with Crippen molar-refractivity contribution in [3.63, 3.8) is 0 Å². The van der Waals surface area contributed by atoms with E-state index in [1.165, 1.54) is 0 Å². The average Bonchev–Trinajstić information content (AvgIpc) is 2.42. The Balaban J connectivity index is 2.62. The highest BCUT2D eigenvalue weighted by Gasteiger charge is 2.30. The fourth-order valence-electron chi connectivity index (χ4n) is 1.87. The van der Waals surface area contributed by atoms with Crippen molar-refractivity contribution < 1.29 is 14.7 Å². The van der Waals surface area contributed by atoms with Crippen molar-refractivity contribution in [1.29, 1.82) is 0 Å². The van der Waals surface area contributed by atoms with E-state index in [2.05, 4.69) is 5.32 Å². The molecule has 0 bridgehead atoms. The molecule has 5 heteroatoms. The second-order valence-electron chi connectivity index (χ2n) is 6.27. The van der Waals surface area contributed by atoms with Crippen LogP contribution in [0.3, 0.4) is 0 Å². The predicted molar refractivity (Wildman–Crippen MR) is 81.8 cm³/mol. The van der Waals surface area contributed by atoms with Crippen molar-refractivity contribution in [2.45, 2.75) is 45.7 Å². The SMILES string of the molecule is CC(C)(C)C(N)C(=O)N[C@@H](CCc1ccccc1)C(=O)O. The molecule has 5 nitrogen and oxygen atoms in total. The van der Waals surface area contributed by atoms with Crippen LogP contribution in [0.2, 0.25) is 0 Å². The number of hydrogen-bond acceptors (Lipinski definition) is 3. The molecule has 4 N–H and O–H groups in total. The molecule has 1 amide bonds. The van der Waals surface area contributed by atoms with Crippen LogP contribution in [0.4, 0.5) is 0 Å². The second kappa shape index (κ2) is 7.22. The Labute approximate surface area is 125 Å². The van der Waals surface area contributed by atoms with Crippen LogP contribution < -0.4 is 11.1 Å². The molecule has 1 aromatic rings. The van der Waals surface area contributed by atoms with Gasteiger partial charge in [-0.05, 0) is 23.8 Å². The maximum Gasteiger partial charge on any atom is 0.326 e. The van der Waals surface area contributed by atoms with Gasteiger partial charge in [-0.2, -0.15) is 0 Å². The lowest BCUT2D eigenvalue weighted by atomic mass is 9.86. The van der Waals surface area contributed by atoms with Crippen LogP contribution in [0.5, 0.6) is 0 Å². The number of nitrogens with two attached hydrogens (primary N) is 1. The number of nitrogens with one attached hydrogen (secondary N) is 1. The Hall–Kier alpha value is -1.88. The summed E-state index contributed by atoms with van der Waals surface area (Å²) in [6.07, 6.45) is 0.921. The topological polar surface area (TPSA) is 92.4 Å². The molecule has 0 radical (unpaired) electrons. The molecule has 116 valence electrons. The number of amides is 1. The minimum absolute atomic E-state index is 0.335. The summed E-state index contributed by atoms with van der Waals surface area (Å²) in [7, 11) is 0. The van der Waals surface area contributed by atoms with E-state index in [0.29, 0.717) is 12.8 Å². The van der Waals surface area contributed by atoms with Gasteiger partial charge in [0, 0.05) is 0 Å². The van der Waals surface area contributed by atoms with Crippen molar-refractivity contribution in [1.82, 2.24) is 5.32 Å². The standard InChI is InChI=1S/C16H24N2O3/c1-16(2,3)13(17)14(19)18-12(15(20)21)10-9-11-7-5-4-6-8-11/h4-8,12-13H,9-10,17H2,1-3H3,(H,18,19)(H,20,21)/t12-,13?/m0/s1. The molecule has 0 aliphatic rings. The third-order valence-corrected chi connectivity index (χ3v) is 3.39. The minimum atomic E-state index is -1.04. The lowest BCUT2D eigenvalue weighted by Crippen LogP contribution is -2.53. The first-order valence-electron chi connectivity index (χ1n) is 7.04. The molecule has 0 fully saturated rings. The molecule has 0 aliphatic heterocycles. The average molecular weight is 292 g/mol. The van der Waals surface area contributed by atoms with Crippen molar-refractivity contribution >= 4 is 11.9 Å². The van der Waals surface area contributed by atoms with E-state index in [1.807, 2.05) is 51.1 Å². The molecule has 0 heterocycles. The van der Waals surface area contributed by atoms with Crippen LogP contribution >= 0.6 is 0 Å². The van der Waals surface area contributed by atoms with E-state index in [1.54, 1.807) is 0 Å². The lowest BCUT2D eigenvalue weighted by Gasteiger charge is -2.27. The van der Waals surface area contributed by atoms with Crippen LogP contribution in [-0.4, -0.2) is 29.1 Å². The van der Waals surface area contributed by atoms with Crippen LogP contribution in [0, 0.1) is 5.41 Å². The van der Waals surface area contributed by atoms with Gasteiger partial charge in [0.15, 0.2) is 0 Å². The molecule has 0 saturated heterocycles. The first-order chi connectivity index (χ1) is 9.71. The van der Waals surface area contributed by atoms with E-state index >= 15 is 0 Å². The number of carbonyl (C=O) groups is 2. The summed E-state index contributed by atoms with van der Waals surface area (Å²) in [6, 6.07) is 7.91. The third-order valence-electron chi connectivity index (χ3n) is 3.39. The molecule has 2 atom stereocenters. The molecule has 21 heavy (non-hydrogen) atoms. The van der Waals surface area contributed by atoms with E-state index < -0.39 is 29.4 Å². The van der Waals surface area contributed by atoms with Gasteiger partial charge in [0.25, 0.3) is 0 Å². The minimum Gasteiger partial charge on any atom is -0.480 e. The van der Waals surface area contributed by atoms with Crippen LogP contribution in [0.25, 0.3) is 0 Å². The Morgan fingerprint density at radius 1 is 1.24 bits per heavy atom. The quantitative estimate of drug-likeness (QED) is 0.742. The van der Waals surface area contributed by atoms with Gasteiger partial charge in [-0.3, -0.25) is 4.79 Å². The van der Waals surface area contributed by atoms with Crippen molar-refractivity contribution in [2.75, 3.05) is 0 Å². The summed E-state index contributed by atoms with van der Waals surface area (Å²) in [4.78, 5) is 23.3. The number of rotatable bonds is 6. The maximum atomic E-state index is 12.0. The number of aliphatic carboxylic acids is 1. The fourth-order valence-corrected chi connectivity index (χ4v) is 1.87. The van der Waals surface area contributed by atoms with Gasteiger partial charge in [-0.25, -0.2) is 4.79 Å². The molecule has 0 aromatic heterocycles. The Morgan fingerprint density at radius 2 is 1.81 bits per heavy atom. The first-order valence-corrected chi connectivity index (χ1v) is 7.04. The number of aryl methyl sites for hydroxylation is 1. The van der Waals surface area contributed by atoms with Crippen molar-refractivity contribution in [3.8, 4) is 0 Å². The van der Waals surface area contributed by atoms with Gasteiger partial charge in [-0.15, -0.1) is 0 Å². The van der Waals surface area contributed by atoms with Gasteiger partial charge in [0.1, 0.15) is 6.04 Å². The number of carboxylic acids is 1. The number of carboxylic acid groups (broad SMARTS) is 1. The molecule has 0 aliphatic carbocycles. The summed E-state index contributed by atoms with van der Waals surface area (Å²) in [5.74, 6) is -1.47. The number of benzene rings is 1. The van der Waals surface area contributed by atoms with Crippen molar-refractivity contribution in [2.24, 2.45) is 11.1 Å². The summed E-state index contributed by atoms with van der Waals surface area (Å²) >= 11 is 0. The van der Waals surface area contributed by atoms with E-state index in [9.17, 15) is 14.7 Å². The molecule has 0 saturated carbocycles. The Morgan fingerprint density at radius 3 is 2.29 bits per heavy atom. The highest BCUT2D eigenvalue weighted by molar-refractivity contribution is 5.87. The normalized spacial score (nSPS) is 14.3. The van der Waals surface area contributed by atoms with Crippen molar-refractivity contribution in [3.05, 3.63) is 35.9 Å². The van der Waals surface area contributed by atoms with Gasteiger partial charge < -0.3 is 16.2 Å². The zero-order valence-electron chi connectivity index (χ0n) is 12.8. The molecule has 1 unspecified atom stereocenters. The zero-order chi connectivity index (χ0) is 16.0. The molecular formula is C16H24N2O3. The molecule has 1 rings (SSSR count). The van der Waals surface area contributed by atoms with Crippen LogP contribution in [0.1, 0.15) is 32.8 Å². The zero-order valence-corrected chi connectivity index (χ0v) is 12.8. The van der Waals surface area contributed by atoms with Gasteiger partial charge in [-0.1, -0.05) is 51.1 Å². The van der Waals surface area contributed by atoms with Gasteiger partial charge in [0.05, 0.1) is 6.04 Å². The second-order valence-corrected chi connectivity index (χ2v) is 6.27. The van der Waals surface area contributed by atoms with E-state index in [0.717, 1.165) is 5.56 Å². The Kier molecular flexibility index (Phi) is 5.90. The monoisotopic (exact) mass is 292 g/mol. The highest BCUT2D eigenvalue weighted by atomic mass is 16.4. The maximum absolute atomic E-state index is 12.0. The number of carbonyl (C=O) groups excluding carboxylic acids is 1. The molecule has 1 aromatic carbocycles. The lowest BCUT2D eigenvalue weighted by molar-refractivity contribution is -0.142. The smallest absolute Gasteiger partial charge is 0.326 e. The van der Waals surface area contributed by atoms with Gasteiger partial charge >= 0.3 is 5.97 Å². The largest absolute Gasteiger partial charge is 0.480 e. The summed E-state index contributed by atoms with van der Waals surface area (Å²) in [5.41, 5.74) is 6.47. The van der Waals surface area contributed by atoms with Gasteiger partial charge in [0.2, 0.25) is 5.91 Å². The first kappa shape index (κ1) is 17.2. The predicted octanol–water partition coefficient (Wildman–Crippen LogP) is 1.56.